The van der Waals surface area contributed by atoms with E-state index in [1.807, 2.05) is 0 Å². The van der Waals surface area contributed by atoms with Crippen molar-refractivity contribution in [2.75, 3.05) is 0 Å². The Morgan fingerprint density at radius 1 is 0.733 bits per heavy atom. The lowest BCUT2D eigenvalue weighted by molar-refractivity contribution is 0.182. The number of rotatable bonds is 8. The number of unbranched alkanes of at least 4 members (excludes halogenated alkanes) is 2. The highest BCUT2D eigenvalue weighted by Crippen LogP contribution is 2.65. The monoisotopic (exact) mass is 430 g/mol. The third kappa shape index (κ3) is 4.36. The molecule has 9 atom stereocenters. The molecule has 4 rings (SSSR count). The van der Waals surface area contributed by atoms with E-state index in [4.69, 9.17) is 0 Å². The predicted octanol–water partition coefficient (Wildman–Crippen LogP) is 9.71. The van der Waals surface area contributed by atoms with E-state index in [2.05, 4.69) is 33.9 Å². The molecule has 4 fully saturated rings. The van der Waals surface area contributed by atoms with Crippen molar-refractivity contribution in [3.63, 3.8) is 0 Å². The summed E-state index contributed by atoms with van der Waals surface area (Å²) in [7, 11) is -1.24. The van der Waals surface area contributed by atoms with Gasteiger partial charge >= 0.3 is 0 Å². The minimum atomic E-state index is -1.24. The normalized spacial score (nSPS) is 42.7. The highest BCUT2D eigenvalue weighted by Gasteiger charge is 2.57. The van der Waals surface area contributed by atoms with E-state index in [9.17, 15) is 0 Å². The fourth-order valence-electron chi connectivity index (χ4n) is 9.74. The van der Waals surface area contributed by atoms with Crippen LogP contribution in [0.15, 0.2) is 0 Å². The fourth-order valence-corrected chi connectivity index (χ4v) is 15.1. The van der Waals surface area contributed by atoms with E-state index in [0.717, 1.165) is 52.5 Å². The van der Waals surface area contributed by atoms with Crippen molar-refractivity contribution in [2.24, 2.45) is 41.4 Å². The predicted molar refractivity (Wildman–Crippen MR) is 136 cm³/mol. The average molecular weight is 431 g/mol. The molecule has 0 spiro atoms. The van der Waals surface area contributed by atoms with Crippen molar-refractivity contribution in [1.29, 1.82) is 0 Å². The van der Waals surface area contributed by atoms with Gasteiger partial charge in [-0.25, -0.2) is 0 Å². The molecule has 4 aliphatic rings. The molecule has 0 N–H and O–H groups in total. The average Bonchev–Trinajstić information content (AvgIpc) is 3.34. The molecule has 9 unspecified atom stereocenters. The maximum absolute atomic E-state index is 2.91. The van der Waals surface area contributed by atoms with Crippen LogP contribution in [0.25, 0.3) is 0 Å². The fraction of sp³-hybridized carbons (Fsp3) is 1.00. The van der Waals surface area contributed by atoms with Gasteiger partial charge in [-0.3, -0.25) is 0 Å². The summed E-state index contributed by atoms with van der Waals surface area (Å²) >= 11 is 0. The summed E-state index contributed by atoms with van der Waals surface area (Å²) in [6, 6.07) is 0. The lowest BCUT2D eigenvalue weighted by Crippen LogP contribution is -2.43. The molecule has 0 aromatic rings. The molecular formula is C29H54Si. The smallest absolute Gasteiger partial charge is 0.0541 e. The van der Waals surface area contributed by atoms with Crippen LogP contribution in [0.5, 0.6) is 0 Å². The van der Waals surface area contributed by atoms with Gasteiger partial charge in [0.2, 0.25) is 0 Å². The zero-order valence-corrected chi connectivity index (χ0v) is 22.3. The molecule has 0 heterocycles. The Morgan fingerprint density at radius 3 is 1.93 bits per heavy atom. The van der Waals surface area contributed by atoms with Crippen molar-refractivity contribution in [3.8, 4) is 0 Å². The Bertz CT molecular complexity index is 538. The van der Waals surface area contributed by atoms with Crippen LogP contribution in [0.4, 0.5) is 0 Å². The van der Waals surface area contributed by atoms with Crippen LogP contribution in [0, 0.1) is 41.4 Å². The van der Waals surface area contributed by atoms with Crippen molar-refractivity contribution < 1.29 is 0 Å². The molecule has 0 amide bonds. The van der Waals surface area contributed by atoms with E-state index in [1.54, 1.807) is 64.2 Å². The SMILES string of the molecule is CCCCCC1CC([Si](C)(C)C2CC(C(C)CC)C3CCCCC32)C2CCCCC12. The number of hydrogen-bond acceptors (Lipinski definition) is 0. The van der Waals surface area contributed by atoms with Crippen LogP contribution in [0.3, 0.4) is 0 Å². The Hall–Kier alpha value is 0.217. The van der Waals surface area contributed by atoms with E-state index in [-0.39, 0.29) is 0 Å². The Labute approximate surface area is 190 Å². The summed E-state index contributed by atoms with van der Waals surface area (Å²) in [5, 5.41) is 0. The quantitative estimate of drug-likeness (QED) is 0.265. The van der Waals surface area contributed by atoms with Gasteiger partial charge < -0.3 is 0 Å². The molecule has 0 aliphatic heterocycles. The zero-order valence-electron chi connectivity index (χ0n) is 21.3. The maximum atomic E-state index is 2.91. The molecule has 174 valence electrons. The maximum Gasteiger partial charge on any atom is 0.0541 e. The summed E-state index contributed by atoms with van der Waals surface area (Å²) in [5.41, 5.74) is 2.32. The van der Waals surface area contributed by atoms with Crippen LogP contribution >= 0.6 is 0 Å². The first-order chi connectivity index (χ1) is 14.5. The molecule has 0 radical (unpaired) electrons. The number of hydrogen-bond donors (Lipinski definition) is 0. The Morgan fingerprint density at radius 2 is 1.30 bits per heavy atom. The summed E-state index contributed by atoms with van der Waals surface area (Å²) in [5.74, 6) is 7.64. The summed E-state index contributed by atoms with van der Waals surface area (Å²) in [6.07, 6.45) is 23.2. The summed E-state index contributed by atoms with van der Waals surface area (Å²) in [4.78, 5) is 0. The van der Waals surface area contributed by atoms with E-state index in [1.165, 1.54) is 32.1 Å². The van der Waals surface area contributed by atoms with Gasteiger partial charge in [0, 0.05) is 0 Å². The highest BCUT2D eigenvalue weighted by molar-refractivity contribution is 6.80. The van der Waals surface area contributed by atoms with Gasteiger partial charge in [0.1, 0.15) is 0 Å². The van der Waals surface area contributed by atoms with Crippen LogP contribution in [0.1, 0.15) is 117 Å². The third-order valence-corrected chi connectivity index (χ3v) is 16.6. The topological polar surface area (TPSA) is 0 Å². The molecule has 0 nitrogen and oxygen atoms in total. The first-order valence-electron chi connectivity index (χ1n) is 14.5. The molecule has 0 saturated heterocycles. The van der Waals surface area contributed by atoms with Gasteiger partial charge in [-0.2, -0.15) is 0 Å². The molecule has 1 heteroatoms. The van der Waals surface area contributed by atoms with E-state index < -0.39 is 8.07 Å². The van der Waals surface area contributed by atoms with Crippen LogP contribution in [0.2, 0.25) is 24.2 Å². The van der Waals surface area contributed by atoms with Crippen molar-refractivity contribution >= 4 is 8.07 Å². The largest absolute Gasteiger partial charge is 0.0689 e. The van der Waals surface area contributed by atoms with Gasteiger partial charge in [-0.15, -0.1) is 0 Å². The van der Waals surface area contributed by atoms with Crippen LogP contribution in [-0.2, 0) is 0 Å². The second-order valence-corrected chi connectivity index (χ2v) is 18.2. The molecule has 4 saturated carbocycles. The molecule has 0 aromatic heterocycles. The van der Waals surface area contributed by atoms with Crippen LogP contribution in [-0.4, -0.2) is 8.07 Å². The highest BCUT2D eigenvalue weighted by atomic mass is 28.3. The van der Waals surface area contributed by atoms with Gasteiger partial charge in [0.15, 0.2) is 0 Å². The van der Waals surface area contributed by atoms with Gasteiger partial charge in [0.05, 0.1) is 8.07 Å². The first-order valence-corrected chi connectivity index (χ1v) is 17.6. The van der Waals surface area contributed by atoms with Crippen molar-refractivity contribution in [2.45, 2.75) is 141 Å². The lowest BCUT2D eigenvalue weighted by atomic mass is 9.74. The Kier molecular flexibility index (Phi) is 7.80. The van der Waals surface area contributed by atoms with Gasteiger partial charge in [0.25, 0.3) is 0 Å². The van der Waals surface area contributed by atoms with Crippen molar-refractivity contribution in [1.82, 2.24) is 0 Å². The zero-order chi connectivity index (χ0) is 21.3. The van der Waals surface area contributed by atoms with E-state index in [0.29, 0.717) is 0 Å². The second-order valence-electron chi connectivity index (χ2n) is 13.0. The molecule has 0 bridgehead atoms. The van der Waals surface area contributed by atoms with Gasteiger partial charge in [-0.05, 0) is 78.2 Å². The molecule has 0 aromatic carbocycles. The third-order valence-electron chi connectivity index (χ3n) is 11.5. The van der Waals surface area contributed by atoms with E-state index >= 15 is 0 Å². The van der Waals surface area contributed by atoms with Gasteiger partial charge in [-0.1, -0.05) is 104 Å². The minimum absolute atomic E-state index is 0.971. The van der Waals surface area contributed by atoms with Crippen LogP contribution < -0.4 is 0 Å². The molecule has 30 heavy (non-hydrogen) atoms. The molecular weight excluding hydrogens is 376 g/mol. The minimum Gasteiger partial charge on any atom is -0.0689 e. The summed E-state index contributed by atoms with van der Waals surface area (Å²) in [6.45, 7) is 13.3. The number of fused-ring (bicyclic) bond motifs is 2. The standard InChI is InChI=1S/C29H54Si/c1-6-8-9-14-22-19-28(25-17-12-10-15-23(22)25)30(4,5)29-20-27(21(3)7-2)24-16-11-13-18-26(24)29/h21-29H,6-20H2,1-5H3. The lowest BCUT2D eigenvalue weighted by Gasteiger charge is -2.45. The molecule has 4 aliphatic carbocycles. The Balaban J connectivity index is 1.54. The van der Waals surface area contributed by atoms with Crippen molar-refractivity contribution in [3.05, 3.63) is 0 Å². The first kappa shape index (κ1) is 23.4. The second kappa shape index (κ2) is 10.0. The summed E-state index contributed by atoms with van der Waals surface area (Å²) < 4.78 is 0.